The van der Waals surface area contributed by atoms with Crippen LogP contribution in [0.15, 0.2) is 41.7 Å². The van der Waals surface area contributed by atoms with Crippen molar-refractivity contribution >= 4 is 34.8 Å². The number of ketones is 1. The molecule has 1 fully saturated rings. The number of pyridine rings is 1. The number of carboxylic acids is 1. The molecule has 1 saturated heterocycles. The van der Waals surface area contributed by atoms with Crippen molar-refractivity contribution in [2.45, 2.75) is 6.92 Å². The second kappa shape index (κ2) is 12.1. The highest BCUT2D eigenvalue weighted by atomic mass is 16.5. The molecule has 3 N–H and O–H groups in total. The molecule has 35 heavy (non-hydrogen) atoms. The molecule has 12 heteroatoms. The first-order valence-electron chi connectivity index (χ1n) is 11.0. The van der Waals surface area contributed by atoms with Crippen LogP contribution in [0.2, 0.25) is 0 Å². The number of hydrogen-bond donors (Lipinski definition) is 3. The first kappa shape index (κ1) is 25.9. The topological polar surface area (TPSA) is 146 Å². The lowest BCUT2D eigenvalue weighted by Crippen LogP contribution is -2.45. The predicted octanol–water partition coefficient (Wildman–Crippen LogP) is 0.747. The zero-order chi connectivity index (χ0) is 25.4. The quantitative estimate of drug-likeness (QED) is 0.289. The van der Waals surface area contributed by atoms with Gasteiger partial charge in [0.15, 0.2) is 11.3 Å². The fourth-order valence-corrected chi connectivity index (χ4v) is 3.24. The van der Waals surface area contributed by atoms with E-state index in [0.717, 1.165) is 17.9 Å². The maximum absolute atomic E-state index is 13.1. The van der Waals surface area contributed by atoms with Crippen LogP contribution in [-0.2, 0) is 28.6 Å². The lowest BCUT2D eigenvalue weighted by molar-refractivity contribution is -0.140. The maximum atomic E-state index is 13.1. The van der Waals surface area contributed by atoms with Crippen molar-refractivity contribution in [2.75, 3.05) is 53.6 Å². The molecule has 0 bridgehead atoms. The molecule has 4 rings (SSSR count). The Morgan fingerprint density at radius 1 is 1.34 bits per heavy atom. The summed E-state index contributed by atoms with van der Waals surface area (Å²) in [5.74, 6) is -1.96. The van der Waals surface area contributed by atoms with Gasteiger partial charge in [0, 0.05) is 49.9 Å². The molecule has 0 amide bonds. The summed E-state index contributed by atoms with van der Waals surface area (Å²) in [4.78, 5) is 44.0. The fourth-order valence-electron chi connectivity index (χ4n) is 3.24. The second-order valence-corrected chi connectivity index (χ2v) is 7.96. The van der Waals surface area contributed by atoms with Gasteiger partial charge in [-0.2, -0.15) is 0 Å². The number of hydrogen-bond acceptors (Lipinski definition) is 10. The number of fused-ring (bicyclic) bond motifs is 1. The highest BCUT2D eigenvalue weighted by Crippen LogP contribution is 2.28. The van der Waals surface area contributed by atoms with E-state index in [0.29, 0.717) is 38.5 Å². The number of nitrogens with one attached hydrogen (secondary N) is 2. The minimum atomic E-state index is -0.833. The van der Waals surface area contributed by atoms with Crippen LogP contribution in [0.5, 0.6) is 0 Å². The monoisotopic (exact) mass is 487 g/mol. The van der Waals surface area contributed by atoms with Gasteiger partial charge in [0.2, 0.25) is 11.7 Å². The minimum absolute atomic E-state index is 0.0417. The molecule has 0 radical (unpaired) electrons. The van der Waals surface area contributed by atoms with E-state index >= 15 is 0 Å². The van der Waals surface area contributed by atoms with Gasteiger partial charge in [-0.15, -0.1) is 0 Å². The average Bonchev–Trinajstić information content (AvgIpc) is 3.35. The van der Waals surface area contributed by atoms with Gasteiger partial charge in [-0.05, 0) is 32.3 Å². The number of carbonyl (C=O) groups excluding carboxylic acids is 2. The molecule has 0 saturated carbocycles. The van der Waals surface area contributed by atoms with Crippen molar-refractivity contribution in [3.63, 3.8) is 0 Å². The standard InChI is InChI=1S/C21H25N5O5.C2H4O2/c1-25(2)6-11-30-21(28)17-18(27)16(31-20(17)24-26-7-9-29-10-8-26)12-14-13-23-19-15(14)4-3-5-22-19;1-2(3)4/h3-5,12-13,24H,6-11H2,1-2H3,(H,22,23);1H3,(H,3,4). The number of aliphatic carboxylic acids is 1. The first-order chi connectivity index (χ1) is 16.8. The van der Waals surface area contributed by atoms with E-state index in [9.17, 15) is 9.59 Å². The van der Waals surface area contributed by atoms with Crippen LogP contribution in [-0.4, -0.2) is 96.3 Å². The van der Waals surface area contributed by atoms with Gasteiger partial charge in [0.05, 0.1) is 13.2 Å². The third kappa shape index (κ3) is 7.12. The number of morpholine rings is 1. The Morgan fingerprint density at radius 3 is 2.74 bits per heavy atom. The lowest BCUT2D eigenvalue weighted by Gasteiger charge is -2.27. The summed E-state index contributed by atoms with van der Waals surface area (Å²) in [6.07, 6.45) is 5.02. The second-order valence-electron chi connectivity index (χ2n) is 7.96. The molecule has 0 unspecified atom stereocenters. The van der Waals surface area contributed by atoms with Gasteiger partial charge >= 0.3 is 5.97 Å². The first-order valence-corrected chi connectivity index (χ1v) is 11.0. The molecule has 0 spiro atoms. The number of rotatable bonds is 7. The van der Waals surface area contributed by atoms with E-state index in [-0.39, 0.29) is 23.8 Å². The number of esters is 1. The lowest BCUT2D eigenvalue weighted by atomic mass is 10.1. The largest absolute Gasteiger partial charge is 0.481 e. The summed E-state index contributed by atoms with van der Waals surface area (Å²) >= 11 is 0. The minimum Gasteiger partial charge on any atom is -0.481 e. The van der Waals surface area contributed by atoms with Crippen molar-refractivity contribution < 1.29 is 33.7 Å². The number of allylic oxidation sites excluding steroid dienone is 1. The molecule has 0 aromatic carbocycles. The van der Waals surface area contributed by atoms with Crippen molar-refractivity contribution in [3.8, 4) is 0 Å². The van der Waals surface area contributed by atoms with Crippen molar-refractivity contribution in [3.05, 3.63) is 47.3 Å². The Bertz CT molecular complexity index is 1130. The number of aromatic amines is 1. The Kier molecular flexibility index (Phi) is 8.95. The van der Waals surface area contributed by atoms with E-state index in [2.05, 4.69) is 15.4 Å². The molecule has 0 atom stereocenters. The summed E-state index contributed by atoms with van der Waals surface area (Å²) in [5.41, 5.74) is 4.33. The molecule has 2 aromatic rings. The summed E-state index contributed by atoms with van der Waals surface area (Å²) in [6, 6.07) is 3.70. The summed E-state index contributed by atoms with van der Waals surface area (Å²) in [6.45, 7) is 4.07. The van der Waals surface area contributed by atoms with Gasteiger partial charge in [-0.25, -0.2) is 14.8 Å². The van der Waals surface area contributed by atoms with E-state index in [1.807, 2.05) is 36.1 Å². The number of carboxylic acid groups (broad SMARTS) is 1. The van der Waals surface area contributed by atoms with E-state index in [4.69, 9.17) is 24.1 Å². The zero-order valence-corrected chi connectivity index (χ0v) is 19.9. The molecule has 4 heterocycles. The molecule has 12 nitrogen and oxygen atoms in total. The number of Topliss-reactive ketones (excluding diaryl/α,β-unsaturated/α-hetero) is 1. The van der Waals surface area contributed by atoms with Crippen LogP contribution in [0, 0.1) is 0 Å². The summed E-state index contributed by atoms with van der Waals surface area (Å²) in [5, 5.41) is 10.1. The molecular formula is C23H29N5O7. The van der Waals surface area contributed by atoms with Crippen LogP contribution in [0.1, 0.15) is 12.5 Å². The summed E-state index contributed by atoms with van der Waals surface area (Å²) < 4.78 is 16.5. The predicted molar refractivity (Wildman–Crippen MR) is 126 cm³/mol. The number of nitrogens with zero attached hydrogens (tertiary/aromatic N) is 3. The Labute approximate surface area is 202 Å². The number of aromatic nitrogens is 2. The Morgan fingerprint density at radius 2 is 2.06 bits per heavy atom. The van der Waals surface area contributed by atoms with E-state index in [1.54, 1.807) is 18.5 Å². The number of ether oxygens (including phenoxy) is 3. The van der Waals surface area contributed by atoms with Crippen molar-refractivity contribution in [1.29, 1.82) is 0 Å². The van der Waals surface area contributed by atoms with Gasteiger partial charge in [-0.3, -0.25) is 15.0 Å². The molecule has 188 valence electrons. The third-order valence-electron chi connectivity index (χ3n) is 4.91. The smallest absolute Gasteiger partial charge is 0.347 e. The normalized spacial score (nSPS) is 17.4. The number of H-pyrrole nitrogens is 1. The highest BCUT2D eigenvalue weighted by molar-refractivity contribution is 6.26. The summed E-state index contributed by atoms with van der Waals surface area (Å²) in [7, 11) is 3.75. The molecule has 2 aromatic heterocycles. The van der Waals surface area contributed by atoms with Crippen molar-refractivity contribution in [1.82, 2.24) is 25.3 Å². The van der Waals surface area contributed by atoms with Crippen LogP contribution >= 0.6 is 0 Å². The fraction of sp³-hybridized carbons (Fsp3) is 0.391. The molecule has 0 aliphatic carbocycles. The van der Waals surface area contributed by atoms with Crippen LogP contribution in [0.25, 0.3) is 17.1 Å². The molecular weight excluding hydrogens is 458 g/mol. The Hall–Kier alpha value is -3.74. The SMILES string of the molecule is CC(=O)O.CN(C)CCOC(=O)C1=C(NN2CCOCC2)OC(=Cc2c[nH]c3ncccc23)C1=O. The highest BCUT2D eigenvalue weighted by Gasteiger charge is 2.38. The van der Waals surface area contributed by atoms with Crippen molar-refractivity contribution in [2.24, 2.45) is 0 Å². The van der Waals surface area contributed by atoms with Crippen LogP contribution in [0.4, 0.5) is 0 Å². The third-order valence-corrected chi connectivity index (χ3v) is 4.91. The maximum Gasteiger partial charge on any atom is 0.347 e. The Balaban J connectivity index is 0.000000795. The van der Waals surface area contributed by atoms with E-state index in [1.165, 1.54) is 0 Å². The number of carbonyl (C=O) groups is 3. The van der Waals surface area contributed by atoms with Crippen LogP contribution < -0.4 is 5.43 Å². The van der Waals surface area contributed by atoms with Gasteiger partial charge < -0.3 is 29.2 Å². The van der Waals surface area contributed by atoms with Crippen LogP contribution in [0.3, 0.4) is 0 Å². The van der Waals surface area contributed by atoms with Gasteiger partial charge in [-0.1, -0.05) is 0 Å². The number of hydrazine groups is 1. The average molecular weight is 488 g/mol. The van der Waals surface area contributed by atoms with E-state index < -0.39 is 17.7 Å². The van der Waals surface area contributed by atoms with Gasteiger partial charge in [0.1, 0.15) is 12.3 Å². The molecule has 2 aliphatic rings. The van der Waals surface area contributed by atoms with Gasteiger partial charge in [0.25, 0.3) is 5.97 Å². The zero-order valence-electron chi connectivity index (χ0n) is 19.9. The molecule has 2 aliphatic heterocycles. The number of likely N-dealkylation sites (N-methyl/N-ethyl adjacent to an activating group) is 1.